The molecule has 6 heteroatoms. The number of nitrogens with one attached hydrogen (secondary N) is 1. The standard InChI is InChI=1S/C20H16N6/c1-2-9-23-17(5-1)20-25-18(16-4-3-8-22-14-16)12-19(26-20)24-13-15-6-10-21-11-7-15/h1-12,14H,13H2,(H,24,25,26). The van der Waals surface area contributed by atoms with Gasteiger partial charge >= 0.3 is 0 Å². The first kappa shape index (κ1) is 15.8. The smallest absolute Gasteiger partial charge is 0.180 e. The largest absolute Gasteiger partial charge is 0.366 e. The molecule has 0 aliphatic carbocycles. The second-order valence-electron chi connectivity index (χ2n) is 5.63. The third-order valence-electron chi connectivity index (χ3n) is 3.80. The molecule has 4 rings (SSSR count). The van der Waals surface area contributed by atoms with Crippen LogP contribution in [0.2, 0.25) is 0 Å². The summed E-state index contributed by atoms with van der Waals surface area (Å²) in [5.74, 6) is 1.31. The minimum Gasteiger partial charge on any atom is -0.366 e. The van der Waals surface area contributed by atoms with Gasteiger partial charge in [0.1, 0.15) is 11.5 Å². The van der Waals surface area contributed by atoms with Crippen molar-refractivity contribution < 1.29 is 0 Å². The summed E-state index contributed by atoms with van der Waals surface area (Å²) in [6.07, 6.45) is 8.82. The zero-order valence-corrected chi connectivity index (χ0v) is 13.9. The van der Waals surface area contributed by atoms with Gasteiger partial charge in [0, 0.05) is 49.2 Å². The van der Waals surface area contributed by atoms with E-state index in [9.17, 15) is 0 Å². The molecule has 6 nitrogen and oxygen atoms in total. The number of hydrogen-bond acceptors (Lipinski definition) is 6. The molecule has 0 aliphatic heterocycles. The van der Waals surface area contributed by atoms with Gasteiger partial charge in [0.2, 0.25) is 0 Å². The highest BCUT2D eigenvalue weighted by Crippen LogP contribution is 2.23. The molecule has 0 aromatic carbocycles. The topological polar surface area (TPSA) is 76.5 Å². The second-order valence-corrected chi connectivity index (χ2v) is 5.63. The van der Waals surface area contributed by atoms with Crippen LogP contribution in [0.5, 0.6) is 0 Å². The maximum Gasteiger partial charge on any atom is 0.180 e. The van der Waals surface area contributed by atoms with Crippen molar-refractivity contribution in [3.8, 4) is 22.8 Å². The van der Waals surface area contributed by atoms with E-state index in [0.29, 0.717) is 12.4 Å². The number of anilines is 1. The van der Waals surface area contributed by atoms with Crippen molar-refractivity contribution in [2.24, 2.45) is 0 Å². The minimum absolute atomic E-state index is 0.573. The van der Waals surface area contributed by atoms with Crippen LogP contribution in [0.3, 0.4) is 0 Å². The molecule has 1 N–H and O–H groups in total. The molecule has 26 heavy (non-hydrogen) atoms. The van der Waals surface area contributed by atoms with E-state index in [1.807, 2.05) is 48.5 Å². The van der Waals surface area contributed by atoms with E-state index in [0.717, 1.165) is 28.3 Å². The van der Waals surface area contributed by atoms with Gasteiger partial charge in [-0.15, -0.1) is 0 Å². The van der Waals surface area contributed by atoms with Crippen molar-refractivity contribution in [1.29, 1.82) is 0 Å². The maximum atomic E-state index is 4.67. The molecule has 0 spiro atoms. The van der Waals surface area contributed by atoms with Gasteiger partial charge in [0.05, 0.1) is 5.69 Å². The Morgan fingerprint density at radius 1 is 0.769 bits per heavy atom. The molecule has 4 aromatic heterocycles. The summed E-state index contributed by atoms with van der Waals surface area (Å²) >= 11 is 0. The van der Waals surface area contributed by atoms with Gasteiger partial charge in [-0.05, 0) is 42.0 Å². The van der Waals surface area contributed by atoms with Crippen molar-refractivity contribution in [3.63, 3.8) is 0 Å². The van der Waals surface area contributed by atoms with Crippen LogP contribution in [0, 0.1) is 0 Å². The van der Waals surface area contributed by atoms with Crippen LogP contribution in [-0.4, -0.2) is 24.9 Å². The average molecular weight is 340 g/mol. The zero-order valence-electron chi connectivity index (χ0n) is 13.9. The SMILES string of the molecule is c1ccc(-c2nc(NCc3ccncc3)cc(-c3cccnc3)n2)nc1. The van der Waals surface area contributed by atoms with Crippen LogP contribution < -0.4 is 5.32 Å². The van der Waals surface area contributed by atoms with E-state index in [1.165, 1.54) is 0 Å². The number of hydrogen-bond donors (Lipinski definition) is 1. The molecule has 4 heterocycles. The Morgan fingerprint density at radius 3 is 2.46 bits per heavy atom. The third kappa shape index (κ3) is 3.70. The van der Waals surface area contributed by atoms with Gasteiger partial charge in [-0.3, -0.25) is 15.0 Å². The molecule has 0 amide bonds. The van der Waals surface area contributed by atoms with Gasteiger partial charge in [-0.25, -0.2) is 9.97 Å². The van der Waals surface area contributed by atoms with Crippen molar-refractivity contribution in [2.45, 2.75) is 6.54 Å². The highest BCUT2D eigenvalue weighted by Gasteiger charge is 2.09. The minimum atomic E-state index is 0.573. The summed E-state index contributed by atoms with van der Waals surface area (Å²) in [6, 6.07) is 15.4. The fourth-order valence-corrected chi connectivity index (χ4v) is 2.50. The zero-order chi connectivity index (χ0) is 17.6. The molecular weight excluding hydrogens is 324 g/mol. The summed E-state index contributed by atoms with van der Waals surface area (Å²) in [5, 5.41) is 3.35. The van der Waals surface area contributed by atoms with Gasteiger partial charge in [-0.1, -0.05) is 6.07 Å². The van der Waals surface area contributed by atoms with Crippen molar-refractivity contribution in [1.82, 2.24) is 24.9 Å². The van der Waals surface area contributed by atoms with Crippen LogP contribution >= 0.6 is 0 Å². The fourth-order valence-electron chi connectivity index (χ4n) is 2.50. The molecule has 0 bridgehead atoms. The monoisotopic (exact) mass is 340 g/mol. The fraction of sp³-hybridized carbons (Fsp3) is 0.0500. The van der Waals surface area contributed by atoms with Gasteiger partial charge in [0.25, 0.3) is 0 Å². The van der Waals surface area contributed by atoms with E-state index in [-0.39, 0.29) is 0 Å². The Kier molecular flexibility index (Phi) is 4.56. The van der Waals surface area contributed by atoms with Crippen molar-refractivity contribution in [3.05, 3.63) is 85.1 Å². The quantitative estimate of drug-likeness (QED) is 0.598. The molecule has 126 valence electrons. The number of aromatic nitrogens is 5. The Labute approximate surface area is 151 Å². The van der Waals surface area contributed by atoms with Gasteiger partial charge in [-0.2, -0.15) is 0 Å². The predicted octanol–water partition coefficient (Wildman–Crippen LogP) is 3.61. The van der Waals surface area contributed by atoms with Crippen LogP contribution in [0.1, 0.15) is 5.56 Å². The Bertz CT molecular complexity index is 917. The average Bonchev–Trinajstić information content (AvgIpc) is 2.74. The molecule has 0 unspecified atom stereocenters. The van der Waals surface area contributed by atoms with E-state index in [1.54, 1.807) is 31.0 Å². The first-order chi connectivity index (χ1) is 12.9. The van der Waals surface area contributed by atoms with Crippen LogP contribution in [0.25, 0.3) is 22.8 Å². The second kappa shape index (κ2) is 7.48. The first-order valence-electron chi connectivity index (χ1n) is 8.22. The van der Waals surface area contributed by atoms with Crippen LogP contribution in [0.15, 0.2) is 79.5 Å². The highest BCUT2D eigenvalue weighted by molar-refractivity contribution is 5.65. The van der Waals surface area contributed by atoms with Gasteiger partial charge < -0.3 is 5.32 Å². The highest BCUT2D eigenvalue weighted by atomic mass is 15.0. The van der Waals surface area contributed by atoms with Crippen LogP contribution in [-0.2, 0) is 6.54 Å². The number of nitrogens with zero attached hydrogens (tertiary/aromatic N) is 5. The molecule has 0 fully saturated rings. The summed E-state index contributed by atoms with van der Waals surface area (Å²) in [6.45, 7) is 0.646. The van der Waals surface area contributed by atoms with Crippen molar-refractivity contribution in [2.75, 3.05) is 5.32 Å². The Balaban J connectivity index is 1.70. The number of rotatable bonds is 5. The van der Waals surface area contributed by atoms with E-state index < -0.39 is 0 Å². The summed E-state index contributed by atoms with van der Waals surface area (Å²) in [4.78, 5) is 21.9. The van der Waals surface area contributed by atoms with E-state index >= 15 is 0 Å². The summed E-state index contributed by atoms with van der Waals surface area (Å²) in [5.41, 5.74) is 3.58. The summed E-state index contributed by atoms with van der Waals surface area (Å²) < 4.78 is 0. The molecule has 4 aromatic rings. The van der Waals surface area contributed by atoms with Gasteiger partial charge in [0.15, 0.2) is 5.82 Å². The van der Waals surface area contributed by atoms with Crippen LogP contribution in [0.4, 0.5) is 5.82 Å². The summed E-state index contributed by atoms with van der Waals surface area (Å²) in [7, 11) is 0. The van der Waals surface area contributed by atoms with E-state index in [4.69, 9.17) is 0 Å². The molecule has 0 aliphatic rings. The lowest BCUT2D eigenvalue weighted by molar-refractivity contribution is 1.07. The molecule has 0 saturated heterocycles. The first-order valence-corrected chi connectivity index (χ1v) is 8.22. The lowest BCUT2D eigenvalue weighted by atomic mass is 10.2. The van der Waals surface area contributed by atoms with E-state index in [2.05, 4.69) is 30.2 Å². The molecule has 0 radical (unpaired) electrons. The van der Waals surface area contributed by atoms with Crippen molar-refractivity contribution >= 4 is 5.82 Å². The Morgan fingerprint density at radius 2 is 1.69 bits per heavy atom. The lowest BCUT2D eigenvalue weighted by Gasteiger charge is -2.10. The lowest BCUT2D eigenvalue weighted by Crippen LogP contribution is -2.04. The Hall–Kier alpha value is -3.67. The molecular formula is C20H16N6. The molecule has 0 saturated carbocycles. The number of pyridine rings is 3. The third-order valence-corrected chi connectivity index (χ3v) is 3.80. The predicted molar refractivity (Wildman–Crippen MR) is 100 cm³/mol. The molecule has 0 atom stereocenters. The normalized spacial score (nSPS) is 10.5. The maximum absolute atomic E-state index is 4.67.